The predicted octanol–water partition coefficient (Wildman–Crippen LogP) is 3.98. The Labute approximate surface area is 144 Å². The molecule has 2 aromatic rings. The van der Waals surface area contributed by atoms with Crippen LogP contribution < -0.4 is 10.2 Å². The van der Waals surface area contributed by atoms with Gasteiger partial charge >= 0.3 is 0 Å². The summed E-state index contributed by atoms with van der Waals surface area (Å²) >= 11 is 3.37. The smallest absolute Gasteiger partial charge is 0.280 e. The Morgan fingerprint density at radius 2 is 1.87 bits per heavy atom. The fraction of sp³-hybridized carbons (Fsp3) is 0.222. The first-order chi connectivity index (χ1) is 11.0. The quantitative estimate of drug-likeness (QED) is 0.635. The molecule has 0 fully saturated rings. The van der Waals surface area contributed by atoms with Crippen LogP contribution in [-0.2, 0) is 4.79 Å². The zero-order valence-corrected chi connectivity index (χ0v) is 14.9. The van der Waals surface area contributed by atoms with Gasteiger partial charge in [-0.15, -0.1) is 0 Å². The molecule has 120 valence electrons. The van der Waals surface area contributed by atoms with Gasteiger partial charge in [0.25, 0.3) is 5.91 Å². The minimum atomic E-state index is -0.626. The molecule has 4 nitrogen and oxygen atoms in total. The van der Waals surface area contributed by atoms with E-state index >= 15 is 0 Å². The molecule has 0 aliphatic carbocycles. The summed E-state index contributed by atoms with van der Waals surface area (Å²) in [6, 6.07) is 13.4. The molecule has 5 heteroatoms. The lowest BCUT2D eigenvalue weighted by Gasteiger charge is -2.14. The third kappa shape index (κ3) is 5.21. The molecular formula is C18H19BrN2O2. The van der Waals surface area contributed by atoms with E-state index in [1.807, 2.05) is 56.3 Å². The van der Waals surface area contributed by atoms with Crippen molar-refractivity contribution in [1.82, 2.24) is 5.43 Å². The van der Waals surface area contributed by atoms with Crippen molar-refractivity contribution in [2.24, 2.45) is 5.10 Å². The van der Waals surface area contributed by atoms with E-state index in [0.717, 1.165) is 15.6 Å². The minimum Gasteiger partial charge on any atom is -0.481 e. The average Bonchev–Trinajstić information content (AvgIpc) is 2.52. The van der Waals surface area contributed by atoms with Gasteiger partial charge in [0.2, 0.25) is 0 Å². The first-order valence-electron chi connectivity index (χ1n) is 7.28. The number of benzene rings is 2. The monoisotopic (exact) mass is 374 g/mol. The van der Waals surface area contributed by atoms with Gasteiger partial charge in [-0.05, 0) is 61.7 Å². The maximum absolute atomic E-state index is 12.0. The molecule has 0 saturated heterocycles. The molecule has 23 heavy (non-hydrogen) atoms. The maximum atomic E-state index is 12.0. The van der Waals surface area contributed by atoms with Gasteiger partial charge in [0.15, 0.2) is 6.10 Å². The lowest BCUT2D eigenvalue weighted by Crippen LogP contribution is -2.33. The van der Waals surface area contributed by atoms with E-state index in [0.29, 0.717) is 5.75 Å². The summed E-state index contributed by atoms with van der Waals surface area (Å²) in [5, 5.41) is 3.95. The number of amides is 1. The van der Waals surface area contributed by atoms with Gasteiger partial charge in [0.1, 0.15) is 5.75 Å². The topological polar surface area (TPSA) is 50.7 Å². The number of hydrogen-bond donors (Lipinski definition) is 1. The first-order valence-corrected chi connectivity index (χ1v) is 8.07. The molecule has 0 aliphatic rings. The van der Waals surface area contributed by atoms with E-state index < -0.39 is 6.10 Å². The van der Waals surface area contributed by atoms with Crippen LogP contribution in [0.4, 0.5) is 0 Å². The summed E-state index contributed by atoms with van der Waals surface area (Å²) in [5.74, 6) is 0.379. The maximum Gasteiger partial charge on any atom is 0.280 e. The van der Waals surface area contributed by atoms with Crippen molar-refractivity contribution in [3.63, 3.8) is 0 Å². The van der Waals surface area contributed by atoms with Crippen LogP contribution in [0.2, 0.25) is 0 Å². The number of rotatable bonds is 5. The van der Waals surface area contributed by atoms with E-state index in [1.54, 1.807) is 13.1 Å². The highest BCUT2D eigenvalue weighted by molar-refractivity contribution is 9.10. The largest absolute Gasteiger partial charge is 0.481 e. The third-order valence-electron chi connectivity index (χ3n) is 3.42. The molecule has 1 amide bonds. The highest BCUT2D eigenvalue weighted by Gasteiger charge is 2.14. The lowest BCUT2D eigenvalue weighted by atomic mass is 10.1. The second-order valence-corrected chi connectivity index (χ2v) is 6.21. The van der Waals surface area contributed by atoms with Crippen LogP contribution >= 0.6 is 15.9 Å². The minimum absolute atomic E-state index is 0.295. The van der Waals surface area contributed by atoms with Gasteiger partial charge in [0, 0.05) is 4.47 Å². The van der Waals surface area contributed by atoms with Crippen LogP contribution in [0.15, 0.2) is 52.0 Å². The van der Waals surface area contributed by atoms with E-state index in [2.05, 4.69) is 26.5 Å². The Kier molecular flexibility index (Phi) is 5.93. The fourth-order valence-corrected chi connectivity index (χ4v) is 2.12. The number of carbonyl (C=O) groups is 1. The zero-order chi connectivity index (χ0) is 16.8. The van der Waals surface area contributed by atoms with Crippen molar-refractivity contribution in [1.29, 1.82) is 0 Å². The number of ether oxygens (including phenoxy) is 1. The molecule has 2 aromatic carbocycles. The first kappa shape index (κ1) is 17.2. The summed E-state index contributed by atoms with van der Waals surface area (Å²) in [7, 11) is 0. The Hall–Kier alpha value is -2.14. The van der Waals surface area contributed by atoms with Crippen LogP contribution in [0.3, 0.4) is 0 Å². The molecule has 1 unspecified atom stereocenters. The second kappa shape index (κ2) is 7.92. The van der Waals surface area contributed by atoms with Gasteiger partial charge in [-0.2, -0.15) is 5.10 Å². The Morgan fingerprint density at radius 3 is 2.52 bits per heavy atom. The van der Waals surface area contributed by atoms with Crippen molar-refractivity contribution in [2.45, 2.75) is 26.9 Å². The van der Waals surface area contributed by atoms with E-state index in [1.165, 1.54) is 5.56 Å². The summed E-state index contributed by atoms with van der Waals surface area (Å²) in [6.45, 7) is 5.74. The number of nitrogens with one attached hydrogen (secondary N) is 1. The van der Waals surface area contributed by atoms with Crippen molar-refractivity contribution < 1.29 is 9.53 Å². The number of nitrogens with zero attached hydrogens (tertiary/aromatic N) is 1. The van der Waals surface area contributed by atoms with E-state index in [4.69, 9.17) is 4.74 Å². The number of aryl methyl sites for hydroxylation is 2. The third-order valence-corrected chi connectivity index (χ3v) is 3.95. The van der Waals surface area contributed by atoms with Crippen LogP contribution in [0, 0.1) is 13.8 Å². The Bertz CT molecular complexity index is 711. The average molecular weight is 375 g/mol. The second-order valence-electron chi connectivity index (χ2n) is 5.29. The van der Waals surface area contributed by atoms with Crippen molar-refractivity contribution in [3.8, 4) is 5.75 Å². The van der Waals surface area contributed by atoms with Crippen LogP contribution in [-0.4, -0.2) is 18.2 Å². The van der Waals surface area contributed by atoms with Gasteiger partial charge in [-0.1, -0.05) is 34.1 Å². The summed E-state index contributed by atoms with van der Waals surface area (Å²) < 4.78 is 6.63. The summed E-state index contributed by atoms with van der Waals surface area (Å²) in [5.41, 5.74) is 5.70. The number of carbonyl (C=O) groups excluding carboxylic acids is 1. The molecule has 0 saturated carbocycles. The van der Waals surface area contributed by atoms with Gasteiger partial charge in [0.05, 0.1) is 6.21 Å². The normalized spacial score (nSPS) is 12.2. The van der Waals surface area contributed by atoms with Crippen molar-refractivity contribution in [2.75, 3.05) is 0 Å². The summed E-state index contributed by atoms with van der Waals surface area (Å²) in [4.78, 5) is 12.0. The van der Waals surface area contributed by atoms with E-state index in [9.17, 15) is 4.79 Å². The molecule has 0 spiro atoms. The standard InChI is InChI=1S/C18H19BrN2O2/c1-12-4-9-17(10-13(12)2)23-14(3)18(22)21-20-11-15-5-7-16(19)8-6-15/h4-11,14H,1-3H3,(H,21,22)/b20-11+. The lowest BCUT2D eigenvalue weighted by molar-refractivity contribution is -0.127. The highest BCUT2D eigenvalue weighted by atomic mass is 79.9. The molecule has 0 aliphatic heterocycles. The molecule has 0 heterocycles. The van der Waals surface area contributed by atoms with Gasteiger partial charge < -0.3 is 4.74 Å². The number of hydrazone groups is 1. The molecular weight excluding hydrogens is 356 g/mol. The SMILES string of the molecule is Cc1ccc(OC(C)C(=O)N/N=C/c2ccc(Br)cc2)cc1C. The van der Waals surface area contributed by atoms with E-state index in [-0.39, 0.29) is 5.91 Å². The molecule has 0 aromatic heterocycles. The summed E-state index contributed by atoms with van der Waals surface area (Å²) in [6.07, 6.45) is 0.965. The Morgan fingerprint density at radius 1 is 1.17 bits per heavy atom. The van der Waals surface area contributed by atoms with Gasteiger partial charge in [-0.3, -0.25) is 4.79 Å². The van der Waals surface area contributed by atoms with Crippen LogP contribution in [0.5, 0.6) is 5.75 Å². The van der Waals surface area contributed by atoms with Crippen LogP contribution in [0.1, 0.15) is 23.6 Å². The van der Waals surface area contributed by atoms with Crippen LogP contribution in [0.25, 0.3) is 0 Å². The molecule has 2 rings (SSSR count). The van der Waals surface area contributed by atoms with Crippen molar-refractivity contribution in [3.05, 3.63) is 63.6 Å². The van der Waals surface area contributed by atoms with Gasteiger partial charge in [-0.25, -0.2) is 5.43 Å². The number of hydrogen-bond acceptors (Lipinski definition) is 3. The Balaban J connectivity index is 1.89. The highest BCUT2D eigenvalue weighted by Crippen LogP contribution is 2.17. The number of halogens is 1. The zero-order valence-electron chi connectivity index (χ0n) is 13.3. The van der Waals surface area contributed by atoms with Crippen molar-refractivity contribution >= 4 is 28.1 Å². The molecule has 1 atom stereocenters. The molecule has 1 N–H and O–H groups in total. The molecule has 0 radical (unpaired) electrons. The predicted molar refractivity (Wildman–Crippen MR) is 95.9 cm³/mol. The molecule has 0 bridgehead atoms. The fourth-order valence-electron chi connectivity index (χ4n) is 1.86.